The van der Waals surface area contributed by atoms with Gasteiger partial charge in [0.1, 0.15) is 6.29 Å². The number of aldehydes is 1. The molecule has 0 radical (unpaired) electrons. The zero-order chi connectivity index (χ0) is 12.0. The predicted molar refractivity (Wildman–Crippen MR) is 66.7 cm³/mol. The summed E-state index contributed by atoms with van der Waals surface area (Å²) >= 11 is 0. The minimum atomic E-state index is -1.93. The van der Waals surface area contributed by atoms with Crippen LogP contribution in [0.4, 0.5) is 0 Å². The van der Waals surface area contributed by atoms with Gasteiger partial charge in [-0.2, -0.15) is 0 Å². The van der Waals surface area contributed by atoms with E-state index in [1.165, 1.54) is 6.42 Å². The molecule has 16 heavy (non-hydrogen) atoms. The summed E-state index contributed by atoms with van der Waals surface area (Å²) in [6.45, 7) is 4.90. The number of hydrogen-bond donors (Lipinski definition) is 0. The fourth-order valence-corrected chi connectivity index (χ4v) is 2.71. The lowest BCUT2D eigenvalue weighted by Gasteiger charge is -2.25. The maximum absolute atomic E-state index is 11.4. The van der Waals surface area contributed by atoms with Gasteiger partial charge in [0.25, 0.3) is 0 Å². The third-order valence-corrected chi connectivity index (χ3v) is 4.40. The topological polar surface area (TPSA) is 43.4 Å². The van der Waals surface area contributed by atoms with E-state index in [2.05, 4.69) is 0 Å². The van der Waals surface area contributed by atoms with Crippen LogP contribution in [0.2, 0.25) is 0 Å². The van der Waals surface area contributed by atoms with E-state index < -0.39 is 7.14 Å². The Morgan fingerprint density at radius 1 is 1.38 bits per heavy atom. The third-order valence-electron chi connectivity index (χ3n) is 3.14. The number of carbonyl (C=O) groups excluding carboxylic acids is 1. The van der Waals surface area contributed by atoms with Gasteiger partial charge in [-0.15, -0.1) is 0 Å². The monoisotopic (exact) mass is 246 g/mol. The summed E-state index contributed by atoms with van der Waals surface area (Å²) in [4.78, 5) is 10.7. The van der Waals surface area contributed by atoms with E-state index in [0.29, 0.717) is 18.7 Å². The van der Waals surface area contributed by atoms with Crippen molar-refractivity contribution < 1.29 is 14.1 Å². The van der Waals surface area contributed by atoms with Crippen molar-refractivity contribution in [3.05, 3.63) is 0 Å². The van der Waals surface area contributed by atoms with E-state index in [4.69, 9.17) is 4.74 Å². The van der Waals surface area contributed by atoms with Crippen LogP contribution in [0.5, 0.6) is 0 Å². The average Bonchev–Trinajstić information content (AvgIpc) is 2.23. The minimum absolute atomic E-state index is 0.241. The Bertz CT molecular complexity index is 259. The van der Waals surface area contributed by atoms with Crippen LogP contribution in [0.25, 0.3) is 0 Å². The lowest BCUT2D eigenvalue weighted by atomic mass is 9.83. The third kappa shape index (κ3) is 5.81. The Balaban J connectivity index is 2.13. The summed E-state index contributed by atoms with van der Waals surface area (Å²) in [5.41, 5.74) is 0. The molecular weight excluding hydrogens is 223 g/mol. The molecule has 1 saturated carbocycles. The van der Waals surface area contributed by atoms with Crippen LogP contribution in [0.3, 0.4) is 0 Å². The Kier molecular flexibility index (Phi) is 5.71. The fraction of sp³-hybridized carbons (Fsp3) is 0.917. The van der Waals surface area contributed by atoms with E-state index in [1.54, 1.807) is 13.3 Å². The van der Waals surface area contributed by atoms with E-state index in [9.17, 15) is 9.36 Å². The molecule has 0 spiro atoms. The molecule has 1 rings (SSSR count). The number of hydrogen-bond acceptors (Lipinski definition) is 3. The molecule has 0 N–H and O–H groups in total. The lowest BCUT2D eigenvalue weighted by molar-refractivity contribution is -0.112. The predicted octanol–water partition coefficient (Wildman–Crippen LogP) is 2.63. The molecule has 0 aromatic carbocycles. The van der Waals surface area contributed by atoms with Crippen molar-refractivity contribution in [1.82, 2.24) is 0 Å². The summed E-state index contributed by atoms with van der Waals surface area (Å²) < 4.78 is 17.0. The van der Waals surface area contributed by atoms with Crippen molar-refractivity contribution in [2.45, 2.75) is 25.7 Å². The van der Waals surface area contributed by atoms with Gasteiger partial charge in [-0.25, -0.2) is 0 Å². The molecule has 1 fully saturated rings. The maximum atomic E-state index is 11.4. The molecule has 4 heteroatoms. The van der Waals surface area contributed by atoms with Crippen LogP contribution in [-0.4, -0.2) is 39.0 Å². The van der Waals surface area contributed by atoms with E-state index in [1.807, 2.05) is 0 Å². The van der Waals surface area contributed by atoms with Crippen LogP contribution >= 0.6 is 7.14 Å². The van der Waals surface area contributed by atoms with Gasteiger partial charge in [0, 0.05) is 18.7 Å². The zero-order valence-electron chi connectivity index (χ0n) is 10.4. The van der Waals surface area contributed by atoms with E-state index in [0.717, 1.165) is 32.2 Å². The highest BCUT2D eigenvalue weighted by atomic mass is 31.2. The molecular formula is C12H23O3P. The minimum Gasteiger partial charge on any atom is -0.381 e. The molecule has 0 amide bonds. The number of ether oxygens (including phenoxy) is 1. The Labute approximate surface area is 98.3 Å². The second-order valence-corrected chi connectivity index (χ2v) is 8.90. The summed E-state index contributed by atoms with van der Waals surface area (Å²) in [5.74, 6) is 0.767. The Morgan fingerprint density at radius 3 is 2.75 bits per heavy atom. The molecule has 0 aromatic heterocycles. The van der Waals surface area contributed by atoms with Gasteiger partial charge in [0.2, 0.25) is 0 Å². The molecule has 2 atom stereocenters. The van der Waals surface area contributed by atoms with Crippen LogP contribution < -0.4 is 0 Å². The van der Waals surface area contributed by atoms with Crippen LogP contribution in [0.1, 0.15) is 25.7 Å². The first-order chi connectivity index (χ1) is 7.51. The van der Waals surface area contributed by atoms with E-state index in [-0.39, 0.29) is 5.92 Å². The average molecular weight is 246 g/mol. The first-order valence-corrected chi connectivity index (χ1v) is 8.87. The summed E-state index contributed by atoms with van der Waals surface area (Å²) in [5, 5.41) is 0. The van der Waals surface area contributed by atoms with Crippen molar-refractivity contribution in [3.63, 3.8) is 0 Å². The molecule has 0 aliphatic heterocycles. The van der Waals surface area contributed by atoms with Crippen molar-refractivity contribution in [2.75, 3.05) is 32.7 Å². The second-order valence-electron chi connectivity index (χ2n) is 5.30. The van der Waals surface area contributed by atoms with Crippen molar-refractivity contribution >= 4 is 13.4 Å². The normalized spacial score (nSPS) is 26.6. The SMILES string of the molecule is CP(C)(=O)CCOCC1CCCC(C=O)C1. The van der Waals surface area contributed by atoms with Crippen LogP contribution in [0, 0.1) is 11.8 Å². The molecule has 0 heterocycles. The molecule has 0 bridgehead atoms. The molecule has 2 unspecified atom stereocenters. The van der Waals surface area contributed by atoms with Gasteiger partial charge in [-0.1, -0.05) is 6.42 Å². The van der Waals surface area contributed by atoms with Gasteiger partial charge in [-0.3, -0.25) is 0 Å². The van der Waals surface area contributed by atoms with Crippen molar-refractivity contribution in [1.29, 1.82) is 0 Å². The van der Waals surface area contributed by atoms with Crippen LogP contribution in [0.15, 0.2) is 0 Å². The quantitative estimate of drug-likeness (QED) is 0.411. The van der Waals surface area contributed by atoms with Gasteiger partial charge in [0.15, 0.2) is 0 Å². The second kappa shape index (κ2) is 6.56. The highest BCUT2D eigenvalue weighted by molar-refractivity contribution is 7.62. The first kappa shape index (κ1) is 13.9. The molecule has 1 aliphatic rings. The van der Waals surface area contributed by atoms with Crippen LogP contribution in [-0.2, 0) is 14.1 Å². The van der Waals surface area contributed by atoms with Gasteiger partial charge < -0.3 is 14.1 Å². The number of carbonyl (C=O) groups is 1. The van der Waals surface area contributed by atoms with Crippen molar-refractivity contribution in [2.24, 2.45) is 11.8 Å². The zero-order valence-corrected chi connectivity index (χ0v) is 11.2. The standard InChI is InChI=1S/C12H23O3P/c1-16(2,14)7-6-15-10-12-5-3-4-11(8-12)9-13/h9,11-12H,3-8,10H2,1-2H3. The molecule has 0 aromatic rings. The fourth-order valence-electron chi connectivity index (χ4n) is 2.14. The van der Waals surface area contributed by atoms with Gasteiger partial charge >= 0.3 is 0 Å². The largest absolute Gasteiger partial charge is 0.381 e. The highest BCUT2D eigenvalue weighted by Crippen LogP contribution is 2.35. The molecule has 94 valence electrons. The Hall–Kier alpha value is -0.140. The smallest absolute Gasteiger partial charge is 0.123 e. The molecule has 3 nitrogen and oxygen atoms in total. The van der Waals surface area contributed by atoms with Gasteiger partial charge in [0.05, 0.1) is 13.7 Å². The van der Waals surface area contributed by atoms with Gasteiger partial charge in [-0.05, 0) is 38.5 Å². The van der Waals surface area contributed by atoms with Crippen molar-refractivity contribution in [3.8, 4) is 0 Å². The highest BCUT2D eigenvalue weighted by Gasteiger charge is 2.21. The maximum Gasteiger partial charge on any atom is 0.123 e. The molecule has 0 saturated heterocycles. The summed E-state index contributed by atoms with van der Waals surface area (Å²) in [7, 11) is -1.93. The summed E-state index contributed by atoms with van der Waals surface area (Å²) in [6, 6.07) is 0. The lowest BCUT2D eigenvalue weighted by Crippen LogP contribution is -2.21. The Morgan fingerprint density at radius 2 is 2.12 bits per heavy atom. The molecule has 1 aliphatic carbocycles. The first-order valence-electron chi connectivity index (χ1n) is 6.08. The summed E-state index contributed by atoms with van der Waals surface area (Å²) in [6.07, 6.45) is 6.06. The van der Waals surface area contributed by atoms with E-state index >= 15 is 0 Å². The number of rotatable bonds is 6.